The van der Waals surface area contributed by atoms with Crippen LogP contribution in [0, 0.1) is 0 Å². The first-order valence-electron chi connectivity index (χ1n) is 9.23. The van der Waals surface area contributed by atoms with Crippen molar-refractivity contribution >= 4 is 30.8 Å². The minimum atomic E-state index is -0.383. The Kier molecular flexibility index (Phi) is 8.33. The fourth-order valence-electron chi connectivity index (χ4n) is 3.40. The third kappa shape index (κ3) is 5.16. The Hall–Kier alpha value is -2.49. The van der Waals surface area contributed by atoms with Crippen LogP contribution in [-0.4, -0.2) is 62.3 Å². The average Bonchev–Trinajstić information content (AvgIpc) is 3.40. The number of aromatic nitrogens is 5. The average molecular weight is 456 g/mol. The molecule has 162 valence electrons. The van der Waals surface area contributed by atoms with Gasteiger partial charge >= 0.3 is 0 Å². The number of hydrogen-bond acceptors (Lipinski definition) is 7. The molecule has 0 spiro atoms. The number of alkyl halides is 1. The number of halogens is 3. The van der Waals surface area contributed by atoms with E-state index in [0.717, 1.165) is 30.6 Å². The van der Waals surface area contributed by atoms with E-state index in [1.54, 1.807) is 30.7 Å². The topological polar surface area (TPSA) is 103 Å². The van der Waals surface area contributed by atoms with Gasteiger partial charge in [0.05, 0.1) is 12.4 Å². The molecule has 2 atom stereocenters. The summed E-state index contributed by atoms with van der Waals surface area (Å²) in [6, 6.07) is 5.40. The Balaban J connectivity index is 0.00000160. The Morgan fingerprint density at radius 2 is 2.10 bits per heavy atom. The van der Waals surface area contributed by atoms with E-state index in [2.05, 4.69) is 30.7 Å². The highest BCUT2D eigenvalue weighted by Crippen LogP contribution is 2.32. The van der Waals surface area contributed by atoms with Crippen molar-refractivity contribution in [3.05, 3.63) is 36.8 Å². The zero-order valence-corrected chi connectivity index (χ0v) is 18.0. The van der Waals surface area contributed by atoms with Gasteiger partial charge in [0.1, 0.15) is 18.1 Å². The van der Waals surface area contributed by atoms with E-state index in [4.69, 9.17) is 0 Å². The van der Waals surface area contributed by atoms with Gasteiger partial charge in [0, 0.05) is 42.5 Å². The lowest BCUT2D eigenvalue weighted by Gasteiger charge is -2.18. The van der Waals surface area contributed by atoms with E-state index in [-0.39, 0.29) is 49.3 Å². The van der Waals surface area contributed by atoms with Crippen LogP contribution in [0.15, 0.2) is 36.8 Å². The van der Waals surface area contributed by atoms with Gasteiger partial charge in [-0.1, -0.05) is 6.07 Å². The number of aromatic hydroxyl groups is 1. The lowest BCUT2D eigenvalue weighted by Crippen LogP contribution is -2.39. The Labute approximate surface area is 186 Å². The highest BCUT2D eigenvalue weighted by molar-refractivity contribution is 5.85. The molecule has 3 aromatic rings. The molecule has 0 amide bonds. The Bertz CT molecular complexity index is 927. The number of nitrogens with zero attached hydrogens (tertiary/aromatic N) is 5. The van der Waals surface area contributed by atoms with Crippen molar-refractivity contribution in [1.82, 2.24) is 30.7 Å². The van der Waals surface area contributed by atoms with Crippen LogP contribution in [0.2, 0.25) is 0 Å². The highest BCUT2D eigenvalue weighted by Gasteiger charge is 2.25. The number of hydrogen-bond donors (Lipinski definition) is 3. The molecule has 3 N–H and O–H groups in total. The molecule has 0 radical (unpaired) electrons. The number of H-pyrrole nitrogens is 1. The van der Waals surface area contributed by atoms with Gasteiger partial charge in [0.15, 0.2) is 0 Å². The van der Waals surface area contributed by atoms with E-state index in [0.29, 0.717) is 17.2 Å². The monoisotopic (exact) mass is 455 g/mol. The molecule has 3 heterocycles. The minimum absolute atomic E-state index is 0. The first kappa shape index (κ1) is 23.8. The van der Waals surface area contributed by atoms with Crippen LogP contribution >= 0.6 is 24.8 Å². The van der Waals surface area contributed by atoms with Crippen molar-refractivity contribution < 1.29 is 9.50 Å². The molecule has 1 unspecified atom stereocenters. The fourth-order valence-corrected chi connectivity index (χ4v) is 3.40. The van der Waals surface area contributed by atoms with Gasteiger partial charge < -0.3 is 15.3 Å². The summed E-state index contributed by atoms with van der Waals surface area (Å²) >= 11 is 0. The third-order valence-electron chi connectivity index (χ3n) is 4.88. The van der Waals surface area contributed by atoms with Gasteiger partial charge in [-0.3, -0.25) is 5.10 Å². The molecule has 0 bridgehead atoms. The van der Waals surface area contributed by atoms with Crippen LogP contribution in [0.4, 0.5) is 10.3 Å². The fraction of sp³-hybridized carbons (Fsp3) is 0.368. The zero-order valence-electron chi connectivity index (χ0n) is 16.3. The van der Waals surface area contributed by atoms with Crippen LogP contribution < -0.4 is 10.2 Å². The molecule has 8 nitrogen and oxygen atoms in total. The molecule has 0 aliphatic carbocycles. The van der Waals surface area contributed by atoms with E-state index in [1.165, 1.54) is 0 Å². The third-order valence-corrected chi connectivity index (χ3v) is 4.88. The van der Waals surface area contributed by atoms with E-state index < -0.39 is 0 Å². The van der Waals surface area contributed by atoms with Gasteiger partial charge in [-0.05, 0) is 31.0 Å². The van der Waals surface area contributed by atoms with Crippen molar-refractivity contribution in [3.63, 3.8) is 0 Å². The lowest BCUT2D eigenvalue weighted by atomic mass is 10.0. The maximum Gasteiger partial charge on any atom is 0.245 e. The number of nitrogens with one attached hydrogen (secondary N) is 2. The number of benzene rings is 1. The van der Waals surface area contributed by atoms with Crippen molar-refractivity contribution in [2.75, 3.05) is 24.7 Å². The second kappa shape index (κ2) is 10.5. The molecule has 30 heavy (non-hydrogen) atoms. The molecule has 1 fully saturated rings. The van der Waals surface area contributed by atoms with Gasteiger partial charge in [0.2, 0.25) is 5.95 Å². The summed E-state index contributed by atoms with van der Waals surface area (Å²) < 4.78 is 12.7. The zero-order chi connectivity index (χ0) is 19.5. The Morgan fingerprint density at radius 3 is 2.73 bits per heavy atom. The SMILES string of the molecule is CC(CF)N[C@H]1CCN(c2ncc(-c3ccc(-c4cn[nH]c4)cc3O)nn2)C1.Cl.Cl. The quantitative estimate of drug-likeness (QED) is 0.524. The number of rotatable bonds is 6. The molecular formula is C19H24Cl2FN7O. The van der Waals surface area contributed by atoms with Crippen LogP contribution in [0.5, 0.6) is 5.75 Å². The van der Waals surface area contributed by atoms with Gasteiger partial charge in [-0.2, -0.15) is 5.10 Å². The number of phenols is 1. The van der Waals surface area contributed by atoms with Crippen LogP contribution in [-0.2, 0) is 0 Å². The van der Waals surface area contributed by atoms with E-state index in [9.17, 15) is 9.50 Å². The summed E-state index contributed by atoms with van der Waals surface area (Å²) in [7, 11) is 0. The van der Waals surface area contributed by atoms with Crippen molar-refractivity contribution in [1.29, 1.82) is 0 Å². The second-order valence-electron chi connectivity index (χ2n) is 7.02. The molecule has 11 heteroatoms. The lowest BCUT2D eigenvalue weighted by molar-refractivity contribution is 0.365. The predicted molar refractivity (Wildman–Crippen MR) is 118 cm³/mol. The summed E-state index contributed by atoms with van der Waals surface area (Å²) in [5.41, 5.74) is 2.81. The molecule has 1 aromatic carbocycles. The summed E-state index contributed by atoms with van der Waals surface area (Å²) in [5.74, 6) is 0.642. The largest absolute Gasteiger partial charge is 0.507 e. The van der Waals surface area contributed by atoms with Gasteiger partial charge in [-0.15, -0.1) is 35.0 Å². The van der Waals surface area contributed by atoms with Gasteiger partial charge in [0.25, 0.3) is 0 Å². The second-order valence-corrected chi connectivity index (χ2v) is 7.02. The van der Waals surface area contributed by atoms with Crippen molar-refractivity contribution in [2.24, 2.45) is 0 Å². The van der Waals surface area contributed by atoms with Crippen LogP contribution in [0.3, 0.4) is 0 Å². The summed E-state index contributed by atoms with van der Waals surface area (Å²) in [6.45, 7) is 2.96. The summed E-state index contributed by atoms with van der Waals surface area (Å²) in [5, 5.41) is 28.8. The molecule has 1 saturated heterocycles. The number of anilines is 1. The van der Waals surface area contributed by atoms with E-state index >= 15 is 0 Å². The van der Waals surface area contributed by atoms with Crippen molar-refractivity contribution in [2.45, 2.75) is 25.4 Å². The molecule has 2 aromatic heterocycles. The first-order valence-corrected chi connectivity index (χ1v) is 9.23. The molecule has 1 aliphatic heterocycles. The van der Waals surface area contributed by atoms with Crippen LogP contribution in [0.25, 0.3) is 22.4 Å². The minimum Gasteiger partial charge on any atom is -0.507 e. The smallest absolute Gasteiger partial charge is 0.245 e. The standard InChI is InChI=1S/C19H22FN7O.2ClH/c1-12(7-20)24-15-4-5-27(11-15)19-21-10-17(25-26-19)16-3-2-13(6-18(16)28)14-8-22-23-9-14;;/h2-3,6,8-10,12,15,24,28H,4-5,7,11H2,1H3,(H,22,23);2*1H/t12?,15-;;/m0../s1. The molecule has 1 aliphatic rings. The molecule has 4 rings (SSSR count). The van der Waals surface area contributed by atoms with Crippen LogP contribution in [0.1, 0.15) is 13.3 Å². The molecular weight excluding hydrogens is 432 g/mol. The maximum absolute atomic E-state index is 12.7. The Morgan fingerprint density at radius 1 is 1.27 bits per heavy atom. The number of aromatic amines is 1. The summed E-state index contributed by atoms with van der Waals surface area (Å²) in [4.78, 5) is 6.44. The summed E-state index contributed by atoms with van der Waals surface area (Å²) in [6.07, 6.45) is 5.97. The van der Waals surface area contributed by atoms with Gasteiger partial charge in [-0.25, -0.2) is 9.37 Å². The number of phenolic OH excluding ortho intramolecular Hbond substituents is 1. The normalized spacial score (nSPS) is 16.6. The predicted octanol–water partition coefficient (Wildman–Crippen LogP) is 3.00. The molecule has 0 saturated carbocycles. The first-order chi connectivity index (χ1) is 13.6. The van der Waals surface area contributed by atoms with E-state index in [1.807, 2.05) is 17.9 Å². The highest BCUT2D eigenvalue weighted by atomic mass is 35.5. The maximum atomic E-state index is 12.7. The van der Waals surface area contributed by atoms with Crippen molar-refractivity contribution in [3.8, 4) is 28.1 Å².